The van der Waals surface area contributed by atoms with Crippen molar-refractivity contribution in [1.29, 1.82) is 0 Å². The van der Waals surface area contributed by atoms with E-state index in [9.17, 15) is 0 Å². The molecule has 1 heterocycles. The average Bonchev–Trinajstić information content (AvgIpc) is 3.01. The van der Waals surface area contributed by atoms with Gasteiger partial charge in [-0.05, 0) is 30.4 Å². The summed E-state index contributed by atoms with van der Waals surface area (Å²) in [6.07, 6.45) is 3.46. The Hall–Kier alpha value is -2.35. The summed E-state index contributed by atoms with van der Waals surface area (Å²) in [6.45, 7) is 0. The van der Waals surface area contributed by atoms with Crippen molar-refractivity contribution < 1.29 is 0 Å². The first-order valence-electron chi connectivity index (χ1n) is 7.56. The molecule has 2 heteroatoms. The summed E-state index contributed by atoms with van der Waals surface area (Å²) in [4.78, 5) is 5.00. The number of aryl methyl sites for hydroxylation is 1. The zero-order valence-electron chi connectivity index (χ0n) is 12.2. The minimum atomic E-state index is 1.10. The monoisotopic (exact) mass is 274 g/mol. The van der Waals surface area contributed by atoms with E-state index in [2.05, 4.69) is 53.8 Å². The second-order valence-corrected chi connectivity index (χ2v) is 5.58. The summed E-state index contributed by atoms with van der Waals surface area (Å²) in [5.74, 6) is 0. The second kappa shape index (κ2) is 4.88. The first-order valence-corrected chi connectivity index (χ1v) is 7.56. The Kier molecular flexibility index (Phi) is 2.88. The fourth-order valence-electron chi connectivity index (χ4n) is 3.42. The average molecular weight is 274 g/mol. The third kappa shape index (κ3) is 1.90. The minimum Gasteiger partial charge on any atom is -0.387 e. The maximum absolute atomic E-state index is 5.00. The van der Waals surface area contributed by atoms with E-state index in [-0.39, 0.29) is 0 Å². The highest BCUT2D eigenvalue weighted by atomic mass is 14.9. The van der Waals surface area contributed by atoms with Crippen molar-refractivity contribution in [2.45, 2.75) is 19.3 Å². The van der Waals surface area contributed by atoms with Crippen molar-refractivity contribution in [3.8, 4) is 11.1 Å². The van der Waals surface area contributed by atoms with Crippen LogP contribution in [0.1, 0.15) is 17.7 Å². The molecular formula is C19H18N2. The molecule has 21 heavy (non-hydrogen) atoms. The van der Waals surface area contributed by atoms with E-state index in [0.29, 0.717) is 0 Å². The quantitative estimate of drug-likeness (QED) is 0.747. The molecular weight excluding hydrogens is 256 g/mol. The Morgan fingerprint density at radius 3 is 2.62 bits per heavy atom. The molecule has 0 saturated heterocycles. The Morgan fingerprint density at radius 2 is 1.81 bits per heavy atom. The first kappa shape index (κ1) is 12.4. The van der Waals surface area contributed by atoms with Crippen LogP contribution in [-0.2, 0) is 12.8 Å². The Bertz CT molecular complexity index is 807. The van der Waals surface area contributed by atoms with E-state index in [1.54, 1.807) is 0 Å². The van der Waals surface area contributed by atoms with E-state index in [1.165, 1.54) is 39.9 Å². The molecule has 0 fully saturated rings. The zero-order valence-corrected chi connectivity index (χ0v) is 12.2. The molecule has 0 aliphatic heterocycles. The summed E-state index contributed by atoms with van der Waals surface area (Å²) in [6, 6.07) is 17.0. The highest BCUT2D eigenvalue weighted by Gasteiger charge is 2.20. The van der Waals surface area contributed by atoms with Gasteiger partial charge in [-0.2, -0.15) is 0 Å². The van der Waals surface area contributed by atoms with Gasteiger partial charge in [0.05, 0.1) is 5.52 Å². The van der Waals surface area contributed by atoms with Crippen LogP contribution in [-0.4, -0.2) is 12.0 Å². The van der Waals surface area contributed by atoms with E-state index in [4.69, 9.17) is 4.98 Å². The highest BCUT2D eigenvalue weighted by Crippen LogP contribution is 2.37. The molecule has 104 valence electrons. The molecule has 0 spiro atoms. The van der Waals surface area contributed by atoms with Crippen molar-refractivity contribution in [3.63, 3.8) is 0 Å². The molecule has 1 aliphatic rings. The van der Waals surface area contributed by atoms with Crippen LogP contribution in [0.15, 0.2) is 48.5 Å². The summed E-state index contributed by atoms with van der Waals surface area (Å²) in [7, 11) is 2.02. The van der Waals surface area contributed by atoms with Crippen LogP contribution in [0.3, 0.4) is 0 Å². The van der Waals surface area contributed by atoms with Crippen molar-refractivity contribution in [1.82, 2.24) is 4.98 Å². The van der Waals surface area contributed by atoms with Crippen molar-refractivity contribution in [2.75, 3.05) is 12.4 Å². The topological polar surface area (TPSA) is 24.9 Å². The minimum absolute atomic E-state index is 1.10. The summed E-state index contributed by atoms with van der Waals surface area (Å²) >= 11 is 0. The Morgan fingerprint density at radius 1 is 0.952 bits per heavy atom. The van der Waals surface area contributed by atoms with Crippen LogP contribution >= 0.6 is 0 Å². The molecule has 1 aromatic heterocycles. The smallest absolute Gasteiger partial charge is 0.0804 e. The first-order chi connectivity index (χ1) is 10.4. The Labute approximate surface area is 124 Å². The van der Waals surface area contributed by atoms with Crippen molar-refractivity contribution >= 4 is 16.6 Å². The zero-order chi connectivity index (χ0) is 14.2. The lowest BCUT2D eigenvalue weighted by atomic mass is 9.99. The van der Waals surface area contributed by atoms with Gasteiger partial charge in [-0.3, -0.25) is 4.98 Å². The number of rotatable bonds is 2. The molecule has 2 nitrogen and oxygen atoms in total. The standard InChI is InChI=1S/C19H18N2/c1-20-18-15-10-6-12-17(15)21-19-14(9-5-11-16(18)19)13-7-3-2-4-8-13/h2-5,7-9,11H,6,10,12H2,1H3,(H,20,21). The number of benzene rings is 2. The predicted molar refractivity (Wildman–Crippen MR) is 88.8 cm³/mol. The number of hydrogen-bond donors (Lipinski definition) is 1. The lowest BCUT2D eigenvalue weighted by Crippen LogP contribution is -2.00. The molecule has 0 radical (unpaired) electrons. The molecule has 0 bridgehead atoms. The van der Waals surface area contributed by atoms with Gasteiger partial charge in [-0.15, -0.1) is 0 Å². The van der Waals surface area contributed by atoms with E-state index < -0.39 is 0 Å². The van der Waals surface area contributed by atoms with Gasteiger partial charge in [0.1, 0.15) is 0 Å². The van der Waals surface area contributed by atoms with Gasteiger partial charge in [0.2, 0.25) is 0 Å². The molecule has 1 N–H and O–H groups in total. The fourth-order valence-corrected chi connectivity index (χ4v) is 3.42. The van der Waals surface area contributed by atoms with Gasteiger partial charge in [0.25, 0.3) is 0 Å². The van der Waals surface area contributed by atoms with Crippen LogP contribution < -0.4 is 5.32 Å². The van der Waals surface area contributed by atoms with Crippen LogP contribution in [0.25, 0.3) is 22.0 Å². The van der Waals surface area contributed by atoms with E-state index >= 15 is 0 Å². The number of aromatic nitrogens is 1. The van der Waals surface area contributed by atoms with Crippen LogP contribution in [0.2, 0.25) is 0 Å². The van der Waals surface area contributed by atoms with Gasteiger partial charge in [0.15, 0.2) is 0 Å². The number of para-hydroxylation sites is 1. The molecule has 0 saturated carbocycles. The van der Waals surface area contributed by atoms with E-state index in [0.717, 1.165) is 18.4 Å². The summed E-state index contributed by atoms with van der Waals surface area (Å²) < 4.78 is 0. The Balaban J connectivity index is 2.07. The van der Waals surface area contributed by atoms with Crippen molar-refractivity contribution in [3.05, 3.63) is 59.8 Å². The van der Waals surface area contributed by atoms with Gasteiger partial charge < -0.3 is 5.32 Å². The number of fused-ring (bicyclic) bond motifs is 2. The number of anilines is 1. The predicted octanol–water partition coefficient (Wildman–Crippen LogP) is 4.43. The SMILES string of the molecule is CNc1c2c(nc3c(-c4ccccc4)cccc13)CCC2. The molecule has 2 aromatic carbocycles. The van der Waals surface area contributed by atoms with Crippen molar-refractivity contribution in [2.24, 2.45) is 0 Å². The summed E-state index contributed by atoms with van der Waals surface area (Å²) in [5.41, 5.74) is 7.53. The maximum atomic E-state index is 5.00. The van der Waals surface area contributed by atoms with Gasteiger partial charge in [-0.1, -0.05) is 48.5 Å². The number of nitrogens with one attached hydrogen (secondary N) is 1. The molecule has 0 unspecified atom stereocenters. The molecule has 4 rings (SSSR count). The molecule has 3 aromatic rings. The lowest BCUT2D eigenvalue weighted by Gasteiger charge is -2.14. The molecule has 1 aliphatic carbocycles. The number of pyridine rings is 1. The molecule has 0 amide bonds. The fraction of sp³-hybridized carbons (Fsp3) is 0.211. The third-order valence-corrected chi connectivity index (χ3v) is 4.38. The van der Waals surface area contributed by atoms with Crippen LogP contribution in [0.5, 0.6) is 0 Å². The van der Waals surface area contributed by atoms with Crippen LogP contribution in [0, 0.1) is 0 Å². The van der Waals surface area contributed by atoms with Gasteiger partial charge >= 0.3 is 0 Å². The number of nitrogens with zero attached hydrogens (tertiary/aromatic N) is 1. The third-order valence-electron chi connectivity index (χ3n) is 4.38. The van der Waals surface area contributed by atoms with E-state index in [1.807, 2.05) is 7.05 Å². The van der Waals surface area contributed by atoms with Gasteiger partial charge in [-0.25, -0.2) is 0 Å². The second-order valence-electron chi connectivity index (χ2n) is 5.58. The van der Waals surface area contributed by atoms with Crippen LogP contribution in [0.4, 0.5) is 5.69 Å². The van der Waals surface area contributed by atoms with Gasteiger partial charge in [0, 0.05) is 29.4 Å². The molecule has 0 atom stereocenters. The normalized spacial score (nSPS) is 13.4. The summed E-state index contributed by atoms with van der Waals surface area (Å²) in [5, 5.41) is 4.64. The largest absolute Gasteiger partial charge is 0.387 e. The maximum Gasteiger partial charge on any atom is 0.0804 e. The lowest BCUT2D eigenvalue weighted by molar-refractivity contribution is 0.901. The highest BCUT2D eigenvalue weighted by molar-refractivity contribution is 6.01. The number of hydrogen-bond acceptors (Lipinski definition) is 2.